The molecule has 0 aliphatic rings. The maximum atomic E-state index is 12.7. The van der Waals surface area contributed by atoms with Crippen LogP contribution in [0.1, 0.15) is 23.1 Å². The number of nitrogens with one attached hydrogen (secondary N) is 2. The van der Waals surface area contributed by atoms with Crippen LogP contribution in [0.15, 0.2) is 47.5 Å². The maximum absolute atomic E-state index is 12.7. The number of anilines is 1. The minimum Gasteiger partial charge on any atom is -0.358 e. The predicted octanol–water partition coefficient (Wildman–Crippen LogP) is 3.04. The summed E-state index contributed by atoms with van der Waals surface area (Å²) in [6, 6.07) is 12.4. The van der Waals surface area contributed by atoms with Gasteiger partial charge in [0.15, 0.2) is 0 Å². The third kappa shape index (κ3) is 3.43. The van der Waals surface area contributed by atoms with E-state index >= 15 is 0 Å². The normalized spacial score (nSPS) is 11.4. The van der Waals surface area contributed by atoms with Crippen molar-refractivity contribution in [2.45, 2.75) is 24.7 Å². The lowest BCUT2D eigenvalue weighted by Gasteiger charge is -2.11. The van der Waals surface area contributed by atoms with E-state index in [0.717, 1.165) is 29.4 Å². The van der Waals surface area contributed by atoms with Crippen LogP contribution in [-0.4, -0.2) is 19.9 Å². The van der Waals surface area contributed by atoms with E-state index in [-0.39, 0.29) is 4.90 Å². The van der Waals surface area contributed by atoms with Crippen LogP contribution >= 0.6 is 0 Å². The first-order valence-electron chi connectivity index (χ1n) is 8.29. The molecule has 2 aromatic carbocycles. The van der Waals surface area contributed by atoms with Crippen molar-refractivity contribution in [3.63, 3.8) is 0 Å². The number of aromatic amines is 1. The van der Waals surface area contributed by atoms with Crippen LogP contribution in [-0.2, 0) is 16.4 Å². The van der Waals surface area contributed by atoms with Crippen LogP contribution in [0, 0.1) is 18.3 Å². The molecule has 6 nitrogen and oxygen atoms in total. The maximum Gasteiger partial charge on any atom is 0.261 e. The lowest BCUT2D eigenvalue weighted by atomic mass is 10.1. The number of H-pyrrole nitrogens is 1. The molecular formula is C19H20N4O2S. The second kappa shape index (κ2) is 7.20. The van der Waals surface area contributed by atoms with Crippen LogP contribution in [0.3, 0.4) is 0 Å². The Balaban J connectivity index is 1.93. The van der Waals surface area contributed by atoms with E-state index in [0.29, 0.717) is 23.3 Å². The van der Waals surface area contributed by atoms with Gasteiger partial charge < -0.3 is 10.7 Å². The average molecular weight is 368 g/mol. The van der Waals surface area contributed by atoms with Crippen molar-refractivity contribution in [1.82, 2.24) is 4.98 Å². The fourth-order valence-corrected chi connectivity index (χ4v) is 4.01. The summed E-state index contributed by atoms with van der Waals surface area (Å²) in [6.07, 6.45) is 3.27. The highest BCUT2D eigenvalue weighted by Crippen LogP contribution is 2.30. The Labute approximate surface area is 152 Å². The fourth-order valence-electron chi connectivity index (χ4n) is 2.94. The highest BCUT2D eigenvalue weighted by Gasteiger charge is 2.17. The van der Waals surface area contributed by atoms with Crippen LogP contribution in [0.25, 0.3) is 10.9 Å². The summed E-state index contributed by atoms with van der Waals surface area (Å²) < 4.78 is 28.1. The molecular weight excluding hydrogens is 348 g/mol. The number of hydrogen-bond acceptors (Lipinski definition) is 4. The van der Waals surface area contributed by atoms with Crippen LogP contribution in [0.4, 0.5) is 5.69 Å². The van der Waals surface area contributed by atoms with E-state index in [4.69, 9.17) is 5.73 Å². The van der Waals surface area contributed by atoms with E-state index in [1.54, 1.807) is 42.6 Å². The molecule has 0 fully saturated rings. The van der Waals surface area contributed by atoms with Gasteiger partial charge in [0.05, 0.1) is 21.7 Å². The minimum absolute atomic E-state index is 0.190. The second-order valence-electron chi connectivity index (χ2n) is 6.14. The number of benzene rings is 2. The topological polar surface area (TPSA) is 112 Å². The number of sulfonamides is 1. The number of aromatic nitrogens is 1. The van der Waals surface area contributed by atoms with Gasteiger partial charge >= 0.3 is 0 Å². The smallest absolute Gasteiger partial charge is 0.261 e. The Morgan fingerprint density at radius 1 is 1.19 bits per heavy atom. The van der Waals surface area contributed by atoms with Gasteiger partial charge in [-0.3, -0.25) is 4.72 Å². The number of nitrogens with two attached hydrogens (primary N) is 1. The molecule has 0 radical (unpaired) electrons. The van der Waals surface area contributed by atoms with Gasteiger partial charge in [0.1, 0.15) is 6.07 Å². The molecule has 3 rings (SSSR count). The minimum atomic E-state index is -3.73. The summed E-state index contributed by atoms with van der Waals surface area (Å²) in [6.45, 7) is 2.49. The highest BCUT2D eigenvalue weighted by atomic mass is 32.2. The molecule has 0 spiro atoms. The van der Waals surface area contributed by atoms with Crippen molar-refractivity contribution < 1.29 is 8.42 Å². The summed E-state index contributed by atoms with van der Waals surface area (Å²) in [5.74, 6) is 0. The van der Waals surface area contributed by atoms with Crippen LogP contribution in [0.2, 0.25) is 0 Å². The van der Waals surface area contributed by atoms with Gasteiger partial charge in [0, 0.05) is 11.6 Å². The summed E-state index contributed by atoms with van der Waals surface area (Å²) in [4.78, 5) is 3.18. The lowest BCUT2D eigenvalue weighted by Crippen LogP contribution is -2.13. The lowest BCUT2D eigenvalue weighted by molar-refractivity contribution is 0.601. The molecule has 0 bridgehead atoms. The number of hydrogen-bond donors (Lipinski definition) is 3. The first kappa shape index (κ1) is 18.0. The quantitative estimate of drug-likeness (QED) is 0.621. The Bertz CT molecular complexity index is 1080. The number of nitrogens with zero attached hydrogens (tertiary/aromatic N) is 1. The van der Waals surface area contributed by atoms with Crippen molar-refractivity contribution in [3.8, 4) is 6.07 Å². The van der Waals surface area contributed by atoms with Crippen molar-refractivity contribution in [3.05, 3.63) is 59.3 Å². The molecule has 0 aliphatic carbocycles. The second-order valence-corrected chi connectivity index (χ2v) is 7.82. The van der Waals surface area contributed by atoms with Gasteiger partial charge in [0.25, 0.3) is 10.0 Å². The zero-order valence-electron chi connectivity index (χ0n) is 14.4. The van der Waals surface area contributed by atoms with Gasteiger partial charge in [-0.1, -0.05) is 18.2 Å². The molecule has 0 atom stereocenters. The Morgan fingerprint density at radius 2 is 1.92 bits per heavy atom. The largest absolute Gasteiger partial charge is 0.358 e. The average Bonchev–Trinajstić information content (AvgIpc) is 3.08. The fraction of sp³-hybridized carbons (Fsp3) is 0.211. The van der Waals surface area contributed by atoms with Crippen molar-refractivity contribution in [1.29, 1.82) is 5.26 Å². The monoisotopic (exact) mass is 368 g/mol. The standard InChI is InChI=1S/C19H20N4O2S/c1-13-4-9-17(19-18(13)15(11-21)12-22-19)23-26(24,25)16-7-5-14(6-8-16)3-2-10-20/h4-9,12,22-23H,2-3,10,20H2,1H3. The molecule has 134 valence electrons. The van der Waals surface area contributed by atoms with Gasteiger partial charge in [0.2, 0.25) is 0 Å². The Hall–Kier alpha value is -2.82. The van der Waals surface area contributed by atoms with Gasteiger partial charge in [-0.25, -0.2) is 8.42 Å². The third-order valence-corrected chi connectivity index (χ3v) is 5.69. The van der Waals surface area contributed by atoms with Crippen LogP contribution < -0.4 is 10.5 Å². The molecule has 1 heterocycles. The predicted molar refractivity (Wildman–Crippen MR) is 102 cm³/mol. The third-order valence-electron chi connectivity index (χ3n) is 4.31. The molecule has 0 amide bonds. The van der Waals surface area contributed by atoms with E-state index in [9.17, 15) is 13.7 Å². The van der Waals surface area contributed by atoms with Gasteiger partial charge in [-0.15, -0.1) is 0 Å². The van der Waals surface area contributed by atoms with Crippen molar-refractivity contribution in [2.75, 3.05) is 11.3 Å². The molecule has 7 heteroatoms. The van der Waals surface area contributed by atoms with Crippen molar-refractivity contribution in [2.24, 2.45) is 5.73 Å². The summed E-state index contributed by atoms with van der Waals surface area (Å²) in [5, 5.41) is 9.95. The SMILES string of the molecule is Cc1ccc(NS(=O)(=O)c2ccc(CCCN)cc2)c2[nH]cc(C#N)c12. The zero-order valence-corrected chi connectivity index (χ0v) is 15.2. The van der Waals surface area contributed by atoms with E-state index in [1.807, 2.05) is 6.92 Å². The van der Waals surface area contributed by atoms with E-state index in [2.05, 4.69) is 15.8 Å². The van der Waals surface area contributed by atoms with E-state index in [1.165, 1.54) is 0 Å². The number of aryl methyl sites for hydroxylation is 2. The number of rotatable bonds is 6. The number of nitriles is 1. The molecule has 0 saturated heterocycles. The van der Waals surface area contributed by atoms with Crippen LogP contribution in [0.5, 0.6) is 0 Å². The Morgan fingerprint density at radius 3 is 2.58 bits per heavy atom. The van der Waals surface area contributed by atoms with Crippen molar-refractivity contribution >= 4 is 26.6 Å². The first-order chi connectivity index (χ1) is 12.5. The number of fused-ring (bicyclic) bond motifs is 1. The first-order valence-corrected chi connectivity index (χ1v) is 9.77. The highest BCUT2D eigenvalue weighted by molar-refractivity contribution is 7.92. The van der Waals surface area contributed by atoms with E-state index < -0.39 is 10.0 Å². The summed E-state index contributed by atoms with van der Waals surface area (Å²) in [5.41, 5.74) is 8.97. The molecule has 26 heavy (non-hydrogen) atoms. The van der Waals surface area contributed by atoms with Gasteiger partial charge in [-0.05, 0) is 55.6 Å². The summed E-state index contributed by atoms with van der Waals surface area (Å²) >= 11 is 0. The van der Waals surface area contributed by atoms with Gasteiger partial charge in [-0.2, -0.15) is 5.26 Å². The molecule has 0 unspecified atom stereocenters. The zero-order chi connectivity index (χ0) is 18.7. The Kier molecular flexibility index (Phi) is 4.98. The molecule has 0 aliphatic heterocycles. The molecule has 0 saturated carbocycles. The molecule has 3 aromatic rings. The summed E-state index contributed by atoms with van der Waals surface area (Å²) in [7, 11) is -3.73. The molecule has 1 aromatic heterocycles. The molecule has 4 N–H and O–H groups in total.